The standard InChI is InChI=1S/C10H9.C5H5.C3H6.2ClH.Zr/c1-8-6-7-9-4-2-3-5-10(8)9;1-2-4-5-3-1;1-3-2;;;/h2-7H,1H3;1-3H,4H2;1-2H3;2*1H;/q;;;;;+2/p-2. The summed E-state index contributed by atoms with van der Waals surface area (Å²) < 4.78 is 4.19. The average molecular weight is 398 g/mol. The first-order valence-corrected chi connectivity index (χ1v) is 10.9. The van der Waals surface area contributed by atoms with Crippen LogP contribution in [0.5, 0.6) is 0 Å². The molecule has 0 amide bonds. The number of rotatable bonds is 2. The molecule has 2 aliphatic rings. The van der Waals surface area contributed by atoms with Crippen molar-refractivity contribution in [3.63, 3.8) is 0 Å². The van der Waals surface area contributed by atoms with Crippen LogP contribution in [-0.2, 0) is 21.3 Å². The molecule has 0 aliphatic heterocycles. The van der Waals surface area contributed by atoms with Gasteiger partial charge in [-0.3, -0.25) is 0 Å². The molecule has 0 fully saturated rings. The number of benzene rings is 1. The van der Waals surface area contributed by atoms with Gasteiger partial charge in [0.1, 0.15) is 0 Å². The molecule has 3 heteroatoms. The Morgan fingerprint density at radius 1 is 1.14 bits per heavy atom. The third-order valence-electron chi connectivity index (χ3n) is 4.10. The molecule has 3 rings (SSSR count). The zero-order chi connectivity index (χ0) is 13.4. The van der Waals surface area contributed by atoms with Crippen LogP contribution < -0.4 is 24.8 Å². The van der Waals surface area contributed by atoms with Crippen LogP contribution in [0.15, 0.2) is 51.9 Å². The van der Waals surface area contributed by atoms with E-state index in [1.165, 1.54) is 17.6 Å². The molecule has 0 saturated heterocycles. The molecule has 1 aromatic carbocycles. The van der Waals surface area contributed by atoms with E-state index < -0.39 is 21.3 Å². The smallest absolute Gasteiger partial charge is 1.00 e. The fraction of sp³-hybridized carbons (Fsp3) is 0.278. The largest absolute Gasteiger partial charge is 1.00 e. The molecule has 1 aromatic rings. The number of hydrogen-bond acceptors (Lipinski definition) is 0. The van der Waals surface area contributed by atoms with Gasteiger partial charge in [-0.25, -0.2) is 0 Å². The van der Waals surface area contributed by atoms with E-state index in [1.807, 2.05) is 0 Å². The van der Waals surface area contributed by atoms with Crippen molar-refractivity contribution in [1.29, 1.82) is 0 Å². The van der Waals surface area contributed by atoms with Gasteiger partial charge in [0.2, 0.25) is 0 Å². The average Bonchev–Trinajstić information content (AvgIpc) is 3.00. The first-order chi connectivity index (χ1) is 9.18. The summed E-state index contributed by atoms with van der Waals surface area (Å²) >= 11 is -1.71. The third-order valence-corrected chi connectivity index (χ3v) is 12.1. The Hall–Kier alpha value is -0.227. The maximum Gasteiger partial charge on any atom is -1.00 e. The number of allylic oxidation sites excluding steroid dienone is 6. The fourth-order valence-electron chi connectivity index (χ4n) is 3.27. The Morgan fingerprint density at radius 2 is 1.86 bits per heavy atom. The molecule has 0 N–H and O–H groups in total. The van der Waals surface area contributed by atoms with Crippen LogP contribution in [0.3, 0.4) is 0 Å². The van der Waals surface area contributed by atoms with Crippen molar-refractivity contribution in [3.8, 4) is 0 Å². The van der Waals surface area contributed by atoms with Gasteiger partial charge in [-0.05, 0) is 0 Å². The molecule has 0 aromatic heterocycles. The summed E-state index contributed by atoms with van der Waals surface area (Å²) in [5, 5.41) is 0. The van der Waals surface area contributed by atoms with E-state index in [4.69, 9.17) is 0 Å². The van der Waals surface area contributed by atoms with Crippen LogP contribution in [0.25, 0.3) is 5.57 Å². The zero-order valence-electron chi connectivity index (χ0n) is 12.7. The van der Waals surface area contributed by atoms with E-state index in [0.29, 0.717) is 0 Å². The van der Waals surface area contributed by atoms with Gasteiger partial charge >= 0.3 is 124 Å². The van der Waals surface area contributed by atoms with Gasteiger partial charge in [0.05, 0.1) is 0 Å². The summed E-state index contributed by atoms with van der Waals surface area (Å²) in [5.41, 5.74) is 4.55. The molecule has 1 unspecified atom stereocenters. The first kappa shape index (κ1) is 18.8. The van der Waals surface area contributed by atoms with Crippen LogP contribution in [0.4, 0.5) is 0 Å². The van der Waals surface area contributed by atoms with Gasteiger partial charge in [-0.1, -0.05) is 0 Å². The normalized spacial score (nSPS) is 17.7. The van der Waals surface area contributed by atoms with E-state index in [9.17, 15) is 0 Å². The topological polar surface area (TPSA) is 0 Å². The van der Waals surface area contributed by atoms with Crippen LogP contribution >= 0.6 is 0 Å². The molecule has 0 saturated carbocycles. The predicted octanol–water partition coefficient (Wildman–Crippen LogP) is -1.17. The van der Waals surface area contributed by atoms with Crippen molar-refractivity contribution in [2.45, 2.75) is 30.8 Å². The summed E-state index contributed by atoms with van der Waals surface area (Å²) in [6.07, 6.45) is 10.7. The Kier molecular flexibility index (Phi) is 7.05. The van der Waals surface area contributed by atoms with Crippen LogP contribution in [0.2, 0.25) is 0 Å². The van der Waals surface area contributed by atoms with Crippen molar-refractivity contribution in [2.24, 2.45) is 0 Å². The summed E-state index contributed by atoms with van der Waals surface area (Å²) in [6.45, 7) is 6.99. The first-order valence-electron chi connectivity index (χ1n) is 6.99. The summed E-state index contributed by atoms with van der Waals surface area (Å²) in [4.78, 5) is 0. The molecule has 110 valence electrons. The molecule has 21 heavy (non-hydrogen) atoms. The van der Waals surface area contributed by atoms with Gasteiger partial charge in [0.15, 0.2) is 0 Å². The van der Waals surface area contributed by atoms with Gasteiger partial charge in [0.25, 0.3) is 0 Å². The van der Waals surface area contributed by atoms with Gasteiger partial charge in [-0.15, -0.1) is 0 Å². The van der Waals surface area contributed by atoms with E-state index >= 15 is 0 Å². The molecular formula is C18H20Cl2Zr. The second-order valence-corrected chi connectivity index (χ2v) is 13.3. The minimum absolute atomic E-state index is 0. The molecule has 0 spiro atoms. The molecule has 0 bridgehead atoms. The number of halogens is 2. The van der Waals surface area contributed by atoms with Crippen molar-refractivity contribution < 1.29 is 46.1 Å². The van der Waals surface area contributed by atoms with Gasteiger partial charge in [0, 0.05) is 0 Å². The fourth-order valence-corrected chi connectivity index (χ4v) is 11.3. The van der Waals surface area contributed by atoms with E-state index in [0.717, 1.165) is 3.63 Å². The molecule has 0 radical (unpaired) electrons. The molecular weight excluding hydrogens is 378 g/mol. The Bertz CT molecular complexity index is 647. The predicted molar refractivity (Wildman–Crippen MR) is 81.0 cm³/mol. The minimum atomic E-state index is -1.71. The maximum absolute atomic E-state index is 2.55. The molecule has 2 aliphatic carbocycles. The Labute approximate surface area is 148 Å². The van der Waals surface area contributed by atoms with Crippen LogP contribution in [-0.4, -0.2) is 3.21 Å². The summed E-state index contributed by atoms with van der Waals surface area (Å²) in [5.74, 6) is 0. The van der Waals surface area contributed by atoms with E-state index in [2.05, 4.69) is 69.3 Å². The number of fused-ring (bicyclic) bond motifs is 1. The summed E-state index contributed by atoms with van der Waals surface area (Å²) in [6, 6.07) is 9.00. The van der Waals surface area contributed by atoms with Gasteiger partial charge in [-0.2, -0.15) is 0 Å². The second-order valence-electron chi connectivity index (χ2n) is 5.65. The van der Waals surface area contributed by atoms with Crippen LogP contribution in [0, 0.1) is 0 Å². The van der Waals surface area contributed by atoms with Crippen molar-refractivity contribution >= 4 is 8.78 Å². The second kappa shape index (κ2) is 7.86. The Morgan fingerprint density at radius 3 is 2.48 bits per heavy atom. The van der Waals surface area contributed by atoms with Crippen molar-refractivity contribution in [1.82, 2.24) is 0 Å². The molecule has 1 atom stereocenters. The van der Waals surface area contributed by atoms with Gasteiger partial charge < -0.3 is 24.8 Å². The van der Waals surface area contributed by atoms with Crippen molar-refractivity contribution in [3.05, 3.63) is 63.0 Å². The zero-order valence-corrected chi connectivity index (χ0v) is 16.6. The van der Waals surface area contributed by atoms with Crippen LogP contribution in [0.1, 0.15) is 41.9 Å². The monoisotopic (exact) mass is 396 g/mol. The quantitative estimate of drug-likeness (QED) is 0.589. The summed E-state index contributed by atoms with van der Waals surface area (Å²) in [7, 11) is 0. The molecule has 0 heterocycles. The third kappa shape index (κ3) is 3.58. The molecule has 0 nitrogen and oxygen atoms in total. The SMILES string of the molecule is CC1=C[CH]([Zr+2]([C]2=CC=CC2)=[C](C)C)c2ccccc21.[Cl-].[Cl-]. The van der Waals surface area contributed by atoms with E-state index in [-0.39, 0.29) is 24.8 Å². The van der Waals surface area contributed by atoms with E-state index in [1.54, 1.807) is 12.1 Å². The number of hydrogen-bond donors (Lipinski definition) is 0. The Balaban J connectivity index is 0.00000110. The minimum Gasteiger partial charge on any atom is -1.00 e. The maximum atomic E-state index is 2.55. The van der Waals surface area contributed by atoms with Crippen molar-refractivity contribution in [2.75, 3.05) is 0 Å².